The fourth-order valence-corrected chi connectivity index (χ4v) is 4.65. The molecule has 0 saturated carbocycles. The van der Waals surface area contributed by atoms with E-state index in [2.05, 4.69) is 19.9 Å². The molecule has 6 heteroatoms. The number of hydrogen-bond acceptors (Lipinski definition) is 6. The van der Waals surface area contributed by atoms with Gasteiger partial charge >= 0.3 is 11.9 Å². The van der Waals surface area contributed by atoms with Crippen molar-refractivity contribution in [2.24, 2.45) is 17.8 Å². The average molecular weight is 419 g/mol. The van der Waals surface area contributed by atoms with Crippen molar-refractivity contribution in [3.8, 4) is 0 Å². The summed E-state index contributed by atoms with van der Waals surface area (Å²) in [5.41, 5.74) is 2.92. The predicted octanol–water partition coefficient (Wildman–Crippen LogP) is 4.19. The Labute approximate surface area is 179 Å². The van der Waals surface area contributed by atoms with Gasteiger partial charge in [-0.2, -0.15) is 0 Å². The van der Waals surface area contributed by atoms with Crippen LogP contribution in [0.3, 0.4) is 0 Å². The number of ether oxygens (including phenoxy) is 3. The molecule has 0 bridgehead atoms. The van der Waals surface area contributed by atoms with Gasteiger partial charge in [-0.05, 0) is 70.4 Å². The maximum absolute atomic E-state index is 12.6. The second-order valence-corrected chi connectivity index (χ2v) is 9.31. The smallest absolute Gasteiger partial charge is 0.330 e. The van der Waals surface area contributed by atoms with E-state index in [1.807, 2.05) is 20.8 Å². The van der Waals surface area contributed by atoms with Gasteiger partial charge in [-0.1, -0.05) is 25.5 Å². The van der Waals surface area contributed by atoms with Gasteiger partial charge in [0.25, 0.3) is 0 Å². The number of hydrogen-bond donors (Lipinski definition) is 1. The molecule has 0 spiro atoms. The molecule has 1 N–H and O–H groups in total. The number of esters is 2. The van der Waals surface area contributed by atoms with Crippen molar-refractivity contribution >= 4 is 11.9 Å². The molecule has 0 unspecified atom stereocenters. The monoisotopic (exact) mass is 418 g/mol. The second-order valence-electron chi connectivity index (χ2n) is 9.31. The Morgan fingerprint density at radius 2 is 1.90 bits per heavy atom. The molecule has 30 heavy (non-hydrogen) atoms. The molecule has 2 fully saturated rings. The van der Waals surface area contributed by atoms with E-state index in [-0.39, 0.29) is 23.9 Å². The summed E-state index contributed by atoms with van der Waals surface area (Å²) in [6.07, 6.45) is 5.72. The summed E-state index contributed by atoms with van der Waals surface area (Å²) >= 11 is 0. The Kier molecular flexibility index (Phi) is 6.58. The van der Waals surface area contributed by atoms with Crippen LogP contribution in [-0.4, -0.2) is 35.0 Å². The van der Waals surface area contributed by atoms with Crippen LogP contribution in [0.5, 0.6) is 0 Å². The minimum atomic E-state index is -1.57. The Bertz CT molecular complexity index is 801. The third kappa shape index (κ3) is 4.54. The van der Waals surface area contributed by atoms with Crippen LogP contribution in [-0.2, 0) is 23.8 Å². The normalized spacial score (nSPS) is 41.7. The summed E-state index contributed by atoms with van der Waals surface area (Å²) in [5.74, 6) is -2.58. The molecule has 3 aliphatic heterocycles. The fraction of sp³-hybridized carbons (Fsp3) is 0.667. The number of rotatable bonds is 1. The van der Waals surface area contributed by atoms with Crippen molar-refractivity contribution in [1.29, 1.82) is 0 Å². The fourth-order valence-electron chi connectivity index (χ4n) is 4.65. The Morgan fingerprint density at radius 3 is 2.57 bits per heavy atom. The van der Waals surface area contributed by atoms with Crippen molar-refractivity contribution in [2.45, 2.75) is 85.2 Å². The third-order valence-corrected chi connectivity index (χ3v) is 6.45. The SMILES string of the molecule is C/C1=C/CC/C(C(C)C)=C\C(=O)O[C@@H](C)CC/C(C)=C2/OC(=O)[C@H]3[C@@H]2[C@@H]1O[C@@]3(C)O. The lowest BCUT2D eigenvalue weighted by Gasteiger charge is -2.23. The van der Waals surface area contributed by atoms with Crippen LogP contribution in [0.15, 0.2) is 34.6 Å². The van der Waals surface area contributed by atoms with Crippen molar-refractivity contribution in [3.63, 3.8) is 0 Å². The lowest BCUT2D eigenvalue weighted by atomic mass is 9.82. The highest BCUT2D eigenvalue weighted by atomic mass is 16.6. The zero-order chi connectivity index (χ0) is 22.2. The van der Waals surface area contributed by atoms with Crippen LogP contribution in [0.25, 0.3) is 0 Å². The van der Waals surface area contributed by atoms with E-state index in [1.54, 1.807) is 6.08 Å². The highest BCUT2D eigenvalue weighted by molar-refractivity contribution is 5.83. The van der Waals surface area contributed by atoms with Gasteiger partial charge in [0.05, 0.1) is 18.1 Å². The first-order valence-electron chi connectivity index (χ1n) is 10.9. The highest BCUT2D eigenvalue weighted by Crippen LogP contribution is 2.51. The molecule has 2 saturated heterocycles. The van der Waals surface area contributed by atoms with E-state index >= 15 is 0 Å². The first-order valence-corrected chi connectivity index (χ1v) is 10.9. The van der Waals surface area contributed by atoms with E-state index in [4.69, 9.17) is 14.2 Å². The van der Waals surface area contributed by atoms with Crippen LogP contribution in [0.4, 0.5) is 0 Å². The van der Waals surface area contributed by atoms with Crippen LogP contribution in [0.1, 0.15) is 67.2 Å². The molecule has 3 aliphatic rings. The van der Waals surface area contributed by atoms with Gasteiger partial charge in [-0.3, -0.25) is 4.79 Å². The molecule has 0 aromatic carbocycles. The molecule has 0 radical (unpaired) electrons. The maximum atomic E-state index is 12.6. The highest BCUT2D eigenvalue weighted by Gasteiger charge is 2.62. The molecular weight excluding hydrogens is 384 g/mol. The zero-order valence-corrected chi connectivity index (χ0v) is 18.9. The van der Waals surface area contributed by atoms with Gasteiger partial charge in [0.15, 0.2) is 5.79 Å². The Morgan fingerprint density at radius 1 is 1.20 bits per heavy atom. The first-order chi connectivity index (χ1) is 14.0. The molecule has 0 aromatic heterocycles. The summed E-state index contributed by atoms with van der Waals surface area (Å²) < 4.78 is 17.2. The van der Waals surface area contributed by atoms with E-state index in [1.165, 1.54) is 6.92 Å². The van der Waals surface area contributed by atoms with E-state index in [0.29, 0.717) is 18.6 Å². The van der Waals surface area contributed by atoms with Crippen LogP contribution in [0.2, 0.25) is 0 Å². The quantitative estimate of drug-likeness (QED) is 0.508. The molecule has 6 nitrogen and oxygen atoms in total. The van der Waals surface area contributed by atoms with Crippen molar-refractivity contribution in [1.82, 2.24) is 0 Å². The number of aliphatic hydroxyl groups is 1. The summed E-state index contributed by atoms with van der Waals surface area (Å²) in [7, 11) is 0. The summed E-state index contributed by atoms with van der Waals surface area (Å²) in [5, 5.41) is 10.8. The summed E-state index contributed by atoms with van der Waals surface area (Å²) in [6, 6.07) is 0. The predicted molar refractivity (Wildman–Crippen MR) is 112 cm³/mol. The lowest BCUT2D eigenvalue weighted by molar-refractivity contribution is -0.200. The minimum Gasteiger partial charge on any atom is -0.460 e. The number of allylic oxidation sites excluding steroid dienone is 3. The van der Waals surface area contributed by atoms with E-state index in [0.717, 1.165) is 29.6 Å². The van der Waals surface area contributed by atoms with Crippen molar-refractivity contribution in [3.05, 3.63) is 34.6 Å². The van der Waals surface area contributed by atoms with Gasteiger partial charge in [-0.25, -0.2) is 4.79 Å². The first kappa shape index (κ1) is 22.8. The van der Waals surface area contributed by atoms with Gasteiger partial charge in [-0.15, -0.1) is 0 Å². The zero-order valence-electron chi connectivity index (χ0n) is 18.9. The molecule has 0 amide bonds. The van der Waals surface area contributed by atoms with Gasteiger partial charge in [0.1, 0.15) is 11.7 Å². The molecule has 0 aromatic rings. The number of cyclic esters (lactones) is 1. The van der Waals surface area contributed by atoms with Gasteiger partial charge in [0, 0.05) is 6.08 Å². The van der Waals surface area contributed by atoms with Crippen LogP contribution < -0.4 is 0 Å². The molecule has 166 valence electrons. The van der Waals surface area contributed by atoms with Crippen LogP contribution in [0, 0.1) is 17.8 Å². The lowest BCUT2D eigenvalue weighted by Crippen LogP contribution is -2.36. The maximum Gasteiger partial charge on any atom is 0.330 e. The van der Waals surface area contributed by atoms with Gasteiger partial charge < -0.3 is 19.3 Å². The Hall–Kier alpha value is -1.92. The summed E-state index contributed by atoms with van der Waals surface area (Å²) in [4.78, 5) is 24.9. The van der Waals surface area contributed by atoms with E-state index < -0.39 is 23.8 Å². The summed E-state index contributed by atoms with van der Waals surface area (Å²) in [6.45, 7) is 11.4. The number of carbonyl (C=O) groups excluding carboxylic acids is 2. The van der Waals surface area contributed by atoms with Crippen LogP contribution >= 0.6 is 0 Å². The molecular formula is C24H34O6. The topological polar surface area (TPSA) is 82.1 Å². The second kappa shape index (κ2) is 8.67. The Balaban J connectivity index is 1.99. The molecule has 3 rings (SSSR count). The van der Waals surface area contributed by atoms with Crippen molar-refractivity contribution < 1.29 is 28.9 Å². The van der Waals surface area contributed by atoms with Crippen molar-refractivity contribution in [2.75, 3.05) is 0 Å². The van der Waals surface area contributed by atoms with Gasteiger partial charge in [0.2, 0.25) is 0 Å². The standard InChI is InChI=1S/C24H34O6/c1-13(2)17-9-7-8-14(3)22-19-20(24(6,27)30-22)23(26)29-21(19)15(4)10-11-16(5)28-18(25)12-17/h8,12-13,16,19-20,22,27H,7,9-11H2,1-6H3/b14-8-,17-12+,21-15+/t16-,19-,20+,22+,24+/m0/s1. The molecule has 3 heterocycles. The number of carbonyl (C=O) groups is 2. The average Bonchev–Trinajstić information content (AvgIpc) is 3.14. The molecule has 5 atom stereocenters. The molecule has 0 aliphatic carbocycles. The largest absolute Gasteiger partial charge is 0.460 e. The minimum absolute atomic E-state index is 0.237. The van der Waals surface area contributed by atoms with E-state index in [9.17, 15) is 14.7 Å². The third-order valence-electron chi connectivity index (χ3n) is 6.45.